The second-order valence-electron chi connectivity index (χ2n) is 5.48. The van der Waals surface area contributed by atoms with E-state index in [1.54, 1.807) is 0 Å². The van der Waals surface area contributed by atoms with Gasteiger partial charge in [0.15, 0.2) is 0 Å². The lowest BCUT2D eigenvalue weighted by molar-refractivity contribution is -0.137. The molecule has 6 nitrogen and oxygen atoms in total. The largest absolute Gasteiger partial charge is 0.416 e. The zero-order valence-electron chi connectivity index (χ0n) is 13.3. The van der Waals surface area contributed by atoms with Crippen LogP contribution in [0, 0.1) is 0 Å². The molecule has 0 radical (unpaired) electrons. The van der Waals surface area contributed by atoms with Crippen LogP contribution in [0.1, 0.15) is 32.3 Å². The molecule has 0 spiro atoms. The summed E-state index contributed by atoms with van der Waals surface area (Å²) < 4.78 is 38.2. The maximum Gasteiger partial charge on any atom is 0.416 e. The third-order valence-corrected chi connectivity index (χ3v) is 3.32. The second kappa shape index (κ2) is 7.41. The number of halogens is 3. The molecule has 9 heteroatoms. The van der Waals surface area contributed by atoms with Gasteiger partial charge in [0.2, 0.25) is 11.7 Å². The van der Waals surface area contributed by atoms with E-state index >= 15 is 0 Å². The SMILES string of the molecule is CCC[C@H](C)NC(=O)Cn1nnc(-c2cccc(C(F)(F)F)c2)n1. The number of nitrogens with zero attached hydrogens (tertiary/aromatic N) is 4. The summed E-state index contributed by atoms with van der Waals surface area (Å²) in [4.78, 5) is 12.9. The maximum absolute atomic E-state index is 12.7. The predicted molar refractivity (Wildman–Crippen MR) is 80.8 cm³/mol. The van der Waals surface area contributed by atoms with Gasteiger partial charge in [0.05, 0.1) is 5.56 Å². The van der Waals surface area contributed by atoms with Crippen molar-refractivity contribution in [3.63, 3.8) is 0 Å². The standard InChI is InChI=1S/C15H18F3N5O/c1-3-5-10(2)19-13(24)9-23-21-14(20-22-23)11-6-4-7-12(8-11)15(16,17)18/h4,6-8,10H,3,5,9H2,1-2H3,(H,19,24)/t10-/m0/s1. The summed E-state index contributed by atoms with van der Waals surface area (Å²) in [5, 5.41) is 14.2. The predicted octanol–water partition coefficient (Wildman–Crippen LogP) is 2.66. The van der Waals surface area contributed by atoms with Gasteiger partial charge in [0, 0.05) is 11.6 Å². The molecular weight excluding hydrogens is 323 g/mol. The van der Waals surface area contributed by atoms with Crippen molar-refractivity contribution in [2.24, 2.45) is 0 Å². The van der Waals surface area contributed by atoms with Gasteiger partial charge in [0.25, 0.3) is 0 Å². The Labute approximate surface area is 137 Å². The van der Waals surface area contributed by atoms with E-state index in [0.29, 0.717) is 0 Å². The lowest BCUT2D eigenvalue weighted by Crippen LogP contribution is -2.35. The number of hydrogen-bond acceptors (Lipinski definition) is 4. The molecule has 0 aliphatic heterocycles. The van der Waals surface area contributed by atoms with E-state index in [1.807, 2.05) is 13.8 Å². The molecule has 1 atom stereocenters. The highest BCUT2D eigenvalue weighted by molar-refractivity contribution is 5.75. The van der Waals surface area contributed by atoms with Crippen LogP contribution in [0.15, 0.2) is 24.3 Å². The molecule has 0 fully saturated rings. The molecule has 2 aromatic rings. The van der Waals surface area contributed by atoms with Gasteiger partial charge in [-0.05, 0) is 30.7 Å². The van der Waals surface area contributed by atoms with Crippen molar-refractivity contribution in [3.05, 3.63) is 29.8 Å². The van der Waals surface area contributed by atoms with Gasteiger partial charge in [0.1, 0.15) is 6.54 Å². The Morgan fingerprint density at radius 1 is 1.38 bits per heavy atom. The molecule has 0 bridgehead atoms. The number of amides is 1. The summed E-state index contributed by atoms with van der Waals surface area (Å²) in [6.07, 6.45) is -2.64. The molecule has 2 rings (SSSR count). The number of aromatic nitrogens is 4. The Morgan fingerprint density at radius 2 is 2.12 bits per heavy atom. The fourth-order valence-corrected chi connectivity index (χ4v) is 2.21. The lowest BCUT2D eigenvalue weighted by atomic mass is 10.1. The number of benzene rings is 1. The number of nitrogens with one attached hydrogen (secondary N) is 1. The highest BCUT2D eigenvalue weighted by atomic mass is 19.4. The lowest BCUT2D eigenvalue weighted by Gasteiger charge is -2.11. The van der Waals surface area contributed by atoms with Gasteiger partial charge in [-0.15, -0.1) is 10.2 Å². The summed E-state index contributed by atoms with van der Waals surface area (Å²) in [6, 6.07) is 4.69. The number of hydrogen-bond donors (Lipinski definition) is 1. The van der Waals surface area contributed by atoms with Gasteiger partial charge >= 0.3 is 6.18 Å². The summed E-state index contributed by atoms with van der Waals surface area (Å²) in [5.41, 5.74) is -0.599. The molecule has 1 aromatic carbocycles. The van der Waals surface area contributed by atoms with E-state index < -0.39 is 11.7 Å². The van der Waals surface area contributed by atoms with Crippen LogP contribution in [0.5, 0.6) is 0 Å². The molecule has 0 saturated carbocycles. The van der Waals surface area contributed by atoms with Gasteiger partial charge in [-0.2, -0.15) is 18.0 Å². The first kappa shape index (κ1) is 17.9. The van der Waals surface area contributed by atoms with Crippen LogP contribution in [-0.4, -0.2) is 32.2 Å². The normalized spacial score (nSPS) is 12.9. The fraction of sp³-hybridized carbons (Fsp3) is 0.467. The third-order valence-electron chi connectivity index (χ3n) is 3.32. The van der Waals surface area contributed by atoms with Gasteiger partial charge in [-0.1, -0.05) is 25.5 Å². The van der Waals surface area contributed by atoms with Crippen LogP contribution in [0.2, 0.25) is 0 Å². The number of alkyl halides is 3. The van der Waals surface area contributed by atoms with Crippen LogP contribution in [-0.2, 0) is 17.5 Å². The zero-order chi connectivity index (χ0) is 17.7. The van der Waals surface area contributed by atoms with Crippen LogP contribution in [0.25, 0.3) is 11.4 Å². The molecule has 1 heterocycles. The van der Waals surface area contributed by atoms with Gasteiger partial charge in [-0.3, -0.25) is 4.79 Å². The first-order valence-corrected chi connectivity index (χ1v) is 7.54. The zero-order valence-corrected chi connectivity index (χ0v) is 13.3. The molecule has 1 amide bonds. The van der Waals surface area contributed by atoms with E-state index in [9.17, 15) is 18.0 Å². The number of carbonyl (C=O) groups is 1. The average Bonchev–Trinajstić information content (AvgIpc) is 2.95. The Hall–Kier alpha value is -2.45. The molecule has 0 aliphatic rings. The summed E-state index contributed by atoms with van der Waals surface area (Å²) in [5.74, 6) is -0.237. The molecule has 130 valence electrons. The molecule has 1 N–H and O–H groups in total. The van der Waals surface area contributed by atoms with Gasteiger partial charge in [-0.25, -0.2) is 0 Å². The Bertz CT molecular complexity index is 698. The van der Waals surface area contributed by atoms with Crippen molar-refractivity contribution in [1.29, 1.82) is 0 Å². The Balaban J connectivity index is 2.07. The van der Waals surface area contributed by atoms with E-state index in [1.165, 1.54) is 12.1 Å². The minimum Gasteiger partial charge on any atom is -0.352 e. The van der Waals surface area contributed by atoms with Gasteiger partial charge < -0.3 is 5.32 Å². The van der Waals surface area contributed by atoms with E-state index in [-0.39, 0.29) is 29.9 Å². The Morgan fingerprint density at radius 3 is 2.79 bits per heavy atom. The highest BCUT2D eigenvalue weighted by Gasteiger charge is 2.30. The molecule has 1 aromatic heterocycles. The van der Waals surface area contributed by atoms with Crippen LogP contribution in [0.3, 0.4) is 0 Å². The molecule has 24 heavy (non-hydrogen) atoms. The quantitative estimate of drug-likeness (QED) is 0.877. The topological polar surface area (TPSA) is 72.7 Å². The van der Waals surface area contributed by atoms with Crippen molar-refractivity contribution in [1.82, 2.24) is 25.5 Å². The smallest absolute Gasteiger partial charge is 0.352 e. The number of rotatable bonds is 6. The van der Waals surface area contributed by atoms with Crippen molar-refractivity contribution < 1.29 is 18.0 Å². The first-order chi connectivity index (χ1) is 11.3. The molecule has 0 saturated heterocycles. The third kappa shape index (κ3) is 4.77. The minimum absolute atomic E-state index is 0.0361. The van der Waals surface area contributed by atoms with Crippen LogP contribution in [0.4, 0.5) is 13.2 Å². The summed E-state index contributed by atoms with van der Waals surface area (Å²) in [6.45, 7) is 3.77. The maximum atomic E-state index is 12.7. The molecule has 0 aliphatic carbocycles. The van der Waals surface area contributed by atoms with Crippen molar-refractivity contribution >= 4 is 5.91 Å². The number of carbonyl (C=O) groups excluding carboxylic acids is 1. The highest BCUT2D eigenvalue weighted by Crippen LogP contribution is 2.31. The Kier molecular flexibility index (Phi) is 5.53. The minimum atomic E-state index is -4.44. The fourth-order valence-electron chi connectivity index (χ4n) is 2.21. The van der Waals surface area contributed by atoms with Crippen LogP contribution < -0.4 is 5.32 Å². The molecular formula is C15H18F3N5O. The van der Waals surface area contributed by atoms with E-state index in [2.05, 4.69) is 20.7 Å². The van der Waals surface area contributed by atoms with Crippen molar-refractivity contribution in [2.75, 3.05) is 0 Å². The molecule has 0 unspecified atom stereocenters. The van der Waals surface area contributed by atoms with E-state index in [4.69, 9.17) is 0 Å². The number of tetrazole rings is 1. The average molecular weight is 341 g/mol. The first-order valence-electron chi connectivity index (χ1n) is 7.54. The van der Waals surface area contributed by atoms with Crippen molar-refractivity contribution in [3.8, 4) is 11.4 Å². The van der Waals surface area contributed by atoms with Crippen molar-refractivity contribution in [2.45, 2.75) is 45.5 Å². The van der Waals surface area contributed by atoms with Crippen LogP contribution >= 0.6 is 0 Å². The monoisotopic (exact) mass is 341 g/mol. The summed E-state index contributed by atoms with van der Waals surface area (Å²) >= 11 is 0. The summed E-state index contributed by atoms with van der Waals surface area (Å²) in [7, 11) is 0. The van der Waals surface area contributed by atoms with E-state index in [0.717, 1.165) is 29.8 Å². The second-order valence-corrected chi connectivity index (χ2v) is 5.48.